The highest BCUT2D eigenvalue weighted by atomic mass is 16.5. The Kier molecular flexibility index (Phi) is 5.48. The minimum atomic E-state index is -0.244. The van der Waals surface area contributed by atoms with Gasteiger partial charge in [0, 0.05) is 23.4 Å². The summed E-state index contributed by atoms with van der Waals surface area (Å²) in [4.78, 5) is 16.3. The Bertz CT molecular complexity index is 884. The lowest BCUT2D eigenvalue weighted by Crippen LogP contribution is -2.35. The van der Waals surface area contributed by atoms with E-state index in [-0.39, 0.29) is 12.1 Å². The second kappa shape index (κ2) is 8.15. The van der Waals surface area contributed by atoms with Crippen LogP contribution in [-0.4, -0.2) is 22.2 Å². The molecule has 7 nitrogen and oxygen atoms in total. The van der Waals surface area contributed by atoms with Crippen LogP contribution in [-0.2, 0) is 0 Å². The van der Waals surface area contributed by atoms with Gasteiger partial charge in [-0.15, -0.1) is 0 Å². The van der Waals surface area contributed by atoms with Gasteiger partial charge in [-0.2, -0.15) is 4.98 Å². The number of amides is 2. The lowest BCUT2D eigenvalue weighted by atomic mass is 10.2. The van der Waals surface area contributed by atoms with Crippen LogP contribution in [0.1, 0.15) is 31.9 Å². The third-order valence-electron chi connectivity index (χ3n) is 3.74. The molecule has 3 aromatic rings. The van der Waals surface area contributed by atoms with E-state index in [1.807, 2.05) is 32.0 Å². The summed E-state index contributed by atoms with van der Waals surface area (Å²) in [5.41, 5.74) is 1.40. The van der Waals surface area contributed by atoms with Crippen LogP contribution in [0.2, 0.25) is 0 Å². The molecule has 1 unspecified atom stereocenters. The standard InChI is InChI=1S/C19H20N4O3/c1-3-13(2)20-19(24)21-15-7-4-6-14(12-15)18-22-17(26-23-18)10-9-16-8-5-11-25-16/h4-13H,3H2,1-2H3,(H2,20,21,24). The zero-order valence-corrected chi connectivity index (χ0v) is 14.6. The van der Waals surface area contributed by atoms with Crippen molar-refractivity contribution in [3.63, 3.8) is 0 Å². The van der Waals surface area contributed by atoms with E-state index in [2.05, 4.69) is 20.8 Å². The summed E-state index contributed by atoms with van der Waals surface area (Å²) in [7, 11) is 0. The van der Waals surface area contributed by atoms with Gasteiger partial charge in [0.25, 0.3) is 5.89 Å². The van der Waals surface area contributed by atoms with E-state index in [1.165, 1.54) is 0 Å². The largest absolute Gasteiger partial charge is 0.465 e. The van der Waals surface area contributed by atoms with Crippen LogP contribution in [0.4, 0.5) is 10.5 Å². The van der Waals surface area contributed by atoms with Crippen LogP contribution in [0, 0.1) is 0 Å². The second-order valence-electron chi connectivity index (χ2n) is 5.79. The lowest BCUT2D eigenvalue weighted by molar-refractivity contribution is 0.249. The van der Waals surface area contributed by atoms with E-state index in [0.717, 1.165) is 12.0 Å². The van der Waals surface area contributed by atoms with Crippen molar-refractivity contribution < 1.29 is 13.7 Å². The SMILES string of the molecule is CCC(C)NC(=O)Nc1cccc(-c2noc(C=Cc3ccco3)n2)c1. The fourth-order valence-electron chi connectivity index (χ4n) is 2.19. The van der Waals surface area contributed by atoms with Gasteiger partial charge in [0.1, 0.15) is 5.76 Å². The minimum absolute atomic E-state index is 0.110. The molecular weight excluding hydrogens is 332 g/mol. The number of carbonyl (C=O) groups is 1. The van der Waals surface area contributed by atoms with Crippen LogP contribution < -0.4 is 10.6 Å². The van der Waals surface area contributed by atoms with Gasteiger partial charge >= 0.3 is 6.03 Å². The highest BCUT2D eigenvalue weighted by Gasteiger charge is 2.09. The van der Waals surface area contributed by atoms with Crippen molar-refractivity contribution in [1.29, 1.82) is 0 Å². The molecule has 2 heterocycles. The maximum Gasteiger partial charge on any atom is 0.319 e. The average Bonchev–Trinajstić information content (AvgIpc) is 3.31. The van der Waals surface area contributed by atoms with Crippen molar-refractivity contribution in [2.75, 3.05) is 5.32 Å². The van der Waals surface area contributed by atoms with Gasteiger partial charge in [-0.05, 0) is 43.7 Å². The molecule has 1 aromatic carbocycles. The molecular formula is C19H20N4O3. The molecule has 134 valence electrons. The predicted octanol–water partition coefficient (Wildman–Crippen LogP) is 4.42. The number of hydrogen-bond donors (Lipinski definition) is 2. The fraction of sp³-hybridized carbons (Fsp3) is 0.211. The van der Waals surface area contributed by atoms with Crippen LogP contribution in [0.5, 0.6) is 0 Å². The summed E-state index contributed by atoms with van der Waals surface area (Å²) in [6.07, 6.45) is 5.88. The topological polar surface area (TPSA) is 93.2 Å². The van der Waals surface area contributed by atoms with E-state index in [0.29, 0.717) is 23.2 Å². The summed E-state index contributed by atoms with van der Waals surface area (Å²) in [5.74, 6) is 1.50. The first-order valence-corrected chi connectivity index (χ1v) is 8.37. The molecule has 0 aliphatic heterocycles. The maximum absolute atomic E-state index is 11.9. The molecule has 26 heavy (non-hydrogen) atoms. The van der Waals surface area contributed by atoms with Gasteiger partial charge in [-0.3, -0.25) is 0 Å². The molecule has 2 N–H and O–H groups in total. The number of nitrogens with one attached hydrogen (secondary N) is 2. The van der Waals surface area contributed by atoms with Gasteiger partial charge in [0.2, 0.25) is 5.82 Å². The average molecular weight is 352 g/mol. The third kappa shape index (κ3) is 4.60. The number of benzene rings is 1. The smallest absolute Gasteiger partial charge is 0.319 e. The van der Waals surface area contributed by atoms with E-state index >= 15 is 0 Å². The van der Waals surface area contributed by atoms with Gasteiger partial charge < -0.3 is 19.6 Å². The first-order chi connectivity index (χ1) is 12.6. The molecule has 0 radical (unpaired) electrons. The molecule has 3 rings (SSSR count). The molecule has 0 bridgehead atoms. The van der Waals surface area contributed by atoms with Gasteiger partial charge in [-0.1, -0.05) is 24.2 Å². The number of hydrogen-bond acceptors (Lipinski definition) is 5. The first kappa shape index (κ1) is 17.5. The van der Waals surface area contributed by atoms with Gasteiger partial charge in [-0.25, -0.2) is 4.79 Å². The number of carbonyl (C=O) groups excluding carboxylic acids is 1. The zero-order chi connectivity index (χ0) is 18.4. The second-order valence-corrected chi connectivity index (χ2v) is 5.79. The lowest BCUT2D eigenvalue weighted by Gasteiger charge is -2.12. The molecule has 0 spiro atoms. The molecule has 2 aromatic heterocycles. The monoisotopic (exact) mass is 352 g/mol. The van der Waals surface area contributed by atoms with E-state index < -0.39 is 0 Å². The van der Waals surface area contributed by atoms with Crippen molar-refractivity contribution in [2.45, 2.75) is 26.3 Å². The Labute approximate surface area is 151 Å². The first-order valence-electron chi connectivity index (χ1n) is 8.37. The summed E-state index contributed by atoms with van der Waals surface area (Å²) < 4.78 is 10.4. The summed E-state index contributed by atoms with van der Waals surface area (Å²) in [6, 6.07) is 10.8. The zero-order valence-electron chi connectivity index (χ0n) is 14.6. The van der Waals surface area contributed by atoms with Crippen molar-refractivity contribution in [2.24, 2.45) is 0 Å². The summed E-state index contributed by atoms with van der Waals surface area (Å²) in [6.45, 7) is 3.97. The van der Waals surface area contributed by atoms with E-state index in [1.54, 1.807) is 36.6 Å². The summed E-state index contributed by atoms with van der Waals surface area (Å²) >= 11 is 0. The molecule has 0 aliphatic rings. The van der Waals surface area contributed by atoms with Crippen molar-refractivity contribution in [1.82, 2.24) is 15.5 Å². The minimum Gasteiger partial charge on any atom is -0.465 e. The molecule has 0 aliphatic carbocycles. The quantitative estimate of drug-likeness (QED) is 0.685. The number of rotatable bonds is 6. The Balaban J connectivity index is 1.69. The Morgan fingerprint density at radius 2 is 2.15 bits per heavy atom. The number of urea groups is 1. The fourth-order valence-corrected chi connectivity index (χ4v) is 2.19. The number of aromatic nitrogens is 2. The number of furan rings is 1. The van der Waals surface area contributed by atoms with Crippen LogP contribution in [0.3, 0.4) is 0 Å². The van der Waals surface area contributed by atoms with Crippen LogP contribution in [0.25, 0.3) is 23.5 Å². The van der Waals surface area contributed by atoms with Gasteiger partial charge in [0.15, 0.2) is 0 Å². The predicted molar refractivity (Wildman–Crippen MR) is 99.3 cm³/mol. The highest BCUT2D eigenvalue weighted by molar-refractivity contribution is 5.90. The molecule has 7 heteroatoms. The Hall–Kier alpha value is -3.35. The molecule has 2 amide bonds. The Morgan fingerprint density at radius 1 is 1.27 bits per heavy atom. The molecule has 0 fully saturated rings. The number of anilines is 1. The molecule has 0 saturated carbocycles. The van der Waals surface area contributed by atoms with Crippen molar-refractivity contribution in [3.8, 4) is 11.4 Å². The van der Waals surface area contributed by atoms with Gasteiger partial charge in [0.05, 0.1) is 6.26 Å². The van der Waals surface area contributed by atoms with Crippen molar-refractivity contribution in [3.05, 3.63) is 54.3 Å². The summed E-state index contributed by atoms with van der Waals surface area (Å²) in [5, 5.41) is 9.63. The molecule has 0 saturated heterocycles. The van der Waals surface area contributed by atoms with Crippen molar-refractivity contribution >= 4 is 23.9 Å². The Morgan fingerprint density at radius 3 is 2.92 bits per heavy atom. The van der Waals surface area contributed by atoms with Crippen LogP contribution >= 0.6 is 0 Å². The highest BCUT2D eigenvalue weighted by Crippen LogP contribution is 2.20. The normalized spacial score (nSPS) is 12.2. The van der Waals surface area contributed by atoms with E-state index in [9.17, 15) is 4.79 Å². The molecule has 1 atom stereocenters. The maximum atomic E-state index is 11.9. The van der Waals surface area contributed by atoms with Crippen LogP contribution in [0.15, 0.2) is 51.6 Å². The number of nitrogens with zero attached hydrogens (tertiary/aromatic N) is 2. The third-order valence-corrected chi connectivity index (χ3v) is 3.74. The van der Waals surface area contributed by atoms with E-state index in [4.69, 9.17) is 8.94 Å².